The quantitative estimate of drug-likeness (QED) is 0.497. The normalized spacial score (nSPS) is 18.4. The first-order valence-electron chi connectivity index (χ1n) is 9.70. The summed E-state index contributed by atoms with van der Waals surface area (Å²) in [4.78, 5) is 52.9. The van der Waals surface area contributed by atoms with Gasteiger partial charge >= 0.3 is 0 Å². The molecule has 1 N–H and O–H groups in total. The van der Waals surface area contributed by atoms with Gasteiger partial charge in [0.2, 0.25) is 17.6 Å². The number of amides is 3. The summed E-state index contributed by atoms with van der Waals surface area (Å²) >= 11 is 0. The number of hydrogen-bond acceptors (Lipinski definition) is 4. The average Bonchev–Trinajstić information content (AvgIpc) is 3.00. The molecule has 0 aliphatic carbocycles. The van der Waals surface area contributed by atoms with E-state index in [0.29, 0.717) is 12.8 Å². The van der Waals surface area contributed by atoms with Gasteiger partial charge in [0.1, 0.15) is 0 Å². The number of aryl methyl sites for hydroxylation is 1. The van der Waals surface area contributed by atoms with Crippen molar-refractivity contribution >= 4 is 23.5 Å². The zero-order valence-corrected chi connectivity index (χ0v) is 17.3. The van der Waals surface area contributed by atoms with Crippen LogP contribution in [0.5, 0.6) is 0 Å². The summed E-state index contributed by atoms with van der Waals surface area (Å²) in [5.74, 6) is -3.17. The van der Waals surface area contributed by atoms with Gasteiger partial charge in [-0.15, -0.1) is 0 Å². The van der Waals surface area contributed by atoms with Crippen LogP contribution >= 0.6 is 0 Å². The van der Waals surface area contributed by atoms with Gasteiger partial charge in [-0.2, -0.15) is 0 Å². The molecule has 29 heavy (non-hydrogen) atoms. The highest BCUT2D eigenvalue weighted by atomic mass is 16.2. The Labute approximate surface area is 171 Å². The van der Waals surface area contributed by atoms with E-state index < -0.39 is 23.5 Å². The molecule has 0 spiro atoms. The van der Waals surface area contributed by atoms with Gasteiger partial charge in [0.15, 0.2) is 0 Å². The maximum Gasteiger partial charge on any atom is 0.288 e. The number of likely N-dealkylation sites (tertiary alicyclic amines) is 1. The lowest BCUT2D eigenvalue weighted by Gasteiger charge is -2.18. The highest BCUT2D eigenvalue weighted by molar-refractivity contribution is 6.37. The third-order valence-electron chi connectivity index (χ3n) is 5.05. The predicted octanol–water partition coefficient (Wildman–Crippen LogP) is 1.04. The Morgan fingerprint density at radius 1 is 1.21 bits per heavy atom. The molecule has 0 saturated carbocycles. The van der Waals surface area contributed by atoms with Crippen molar-refractivity contribution in [3.05, 3.63) is 48.0 Å². The third-order valence-corrected chi connectivity index (χ3v) is 5.05. The van der Waals surface area contributed by atoms with Gasteiger partial charge in [0.25, 0.3) is 5.91 Å². The molecule has 0 bridgehead atoms. The SMILES string of the molecule is C=C(C)CNC(=O)C(=O)[C@@H]1CN(CC(=O)N(C)C)C(=O)[C@H]1CCc1ccccc1. The molecular weight excluding hydrogens is 370 g/mol. The smallest absolute Gasteiger partial charge is 0.288 e. The van der Waals surface area contributed by atoms with Crippen molar-refractivity contribution in [3.8, 4) is 0 Å². The molecule has 1 aromatic carbocycles. The van der Waals surface area contributed by atoms with E-state index in [2.05, 4.69) is 11.9 Å². The van der Waals surface area contributed by atoms with Gasteiger partial charge in [0, 0.05) is 27.2 Å². The van der Waals surface area contributed by atoms with E-state index in [1.165, 1.54) is 9.80 Å². The molecule has 1 aliphatic heterocycles. The Bertz CT molecular complexity index is 789. The largest absolute Gasteiger partial charge is 0.347 e. The lowest BCUT2D eigenvalue weighted by Crippen LogP contribution is -2.39. The minimum absolute atomic E-state index is 0.0806. The minimum atomic E-state index is -0.758. The number of benzene rings is 1. The molecule has 0 aromatic heterocycles. The summed E-state index contributed by atoms with van der Waals surface area (Å²) in [6, 6.07) is 9.67. The van der Waals surface area contributed by atoms with Crippen molar-refractivity contribution in [1.29, 1.82) is 0 Å². The second-order valence-corrected chi connectivity index (χ2v) is 7.75. The topological polar surface area (TPSA) is 86.8 Å². The Morgan fingerprint density at radius 3 is 2.45 bits per heavy atom. The van der Waals surface area contributed by atoms with Crippen molar-refractivity contribution in [2.75, 3.05) is 33.7 Å². The average molecular weight is 399 g/mol. The summed E-state index contributed by atoms with van der Waals surface area (Å²) in [6.07, 6.45) is 1.06. The molecule has 1 aromatic rings. The van der Waals surface area contributed by atoms with Gasteiger partial charge in [-0.05, 0) is 25.3 Å². The van der Waals surface area contributed by atoms with Crippen molar-refractivity contribution in [2.24, 2.45) is 11.8 Å². The molecule has 3 amide bonds. The predicted molar refractivity (Wildman–Crippen MR) is 110 cm³/mol. The zero-order valence-electron chi connectivity index (χ0n) is 17.3. The van der Waals surface area contributed by atoms with Crippen molar-refractivity contribution in [1.82, 2.24) is 15.1 Å². The fraction of sp³-hybridized carbons (Fsp3) is 0.455. The summed E-state index contributed by atoms with van der Waals surface area (Å²) in [6.45, 7) is 5.65. The van der Waals surface area contributed by atoms with Crippen LogP contribution in [0, 0.1) is 11.8 Å². The van der Waals surface area contributed by atoms with E-state index in [4.69, 9.17) is 0 Å². The molecule has 1 fully saturated rings. The first-order valence-corrected chi connectivity index (χ1v) is 9.70. The van der Waals surface area contributed by atoms with Crippen LogP contribution in [0.4, 0.5) is 0 Å². The van der Waals surface area contributed by atoms with Crippen LogP contribution < -0.4 is 5.32 Å². The highest BCUT2D eigenvalue weighted by Gasteiger charge is 2.46. The second-order valence-electron chi connectivity index (χ2n) is 7.75. The van der Waals surface area contributed by atoms with E-state index >= 15 is 0 Å². The Morgan fingerprint density at radius 2 is 1.86 bits per heavy atom. The van der Waals surface area contributed by atoms with Gasteiger partial charge in [-0.1, -0.05) is 42.5 Å². The first kappa shape index (κ1) is 22.3. The van der Waals surface area contributed by atoms with Crippen LogP contribution in [0.1, 0.15) is 18.9 Å². The molecule has 156 valence electrons. The zero-order chi connectivity index (χ0) is 21.6. The number of Topliss-reactive ketones (excluding diaryl/α,β-unsaturated/α-hetero) is 1. The molecule has 1 aliphatic rings. The summed E-state index contributed by atoms with van der Waals surface area (Å²) in [7, 11) is 3.23. The highest BCUT2D eigenvalue weighted by Crippen LogP contribution is 2.30. The Kier molecular flexibility index (Phi) is 7.70. The number of likely N-dealkylation sites (N-methyl/N-ethyl adjacent to an activating group) is 1. The van der Waals surface area contributed by atoms with E-state index in [9.17, 15) is 19.2 Å². The molecule has 2 atom stereocenters. The van der Waals surface area contributed by atoms with Gasteiger partial charge in [-0.25, -0.2) is 0 Å². The number of nitrogens with zero attached hydrogens (tertiary/aromatic N) is 2. The van der Waals surface area contributed by atoms with E-state index in [1.807, 2.05) is 30.3 Å². The van der Waals surface area contributed by atoms with Crippen LogP contribution in [-0.2, 0) is 25.6 Å². The Balaban J connectivity index is 2.15. The number of rotatable bonds is 9. The second kappa shape index (κ2) is 10.0. The maximum absolute atomic E-state index is 12.9. The number of carbonyl (C=O) groups excluding carboxylic acids is 4. The van der Waals surface area contributed by atoms with Gasteiger partial charge in [-0.3, -0.25) is 19.2 Å². The number of hydrogen-bond donors (Lipinski definition) is 1. The van der Waals surface area contributed by atoms with E-state index in [1.54, 1.807) is 21.0 Å². The molecule has 0 radical (unpaired) electrons. The standard InChI is InChI=1S/C22H29N3O4/c1-15(2)12-23-21(28)20(27)18-13-25(14-19(26)24(3)4)22(29)17(18)11-10-16-8-6-5-7-9-16/h5-9,17-18H,1,10-14H2,2-4H3,(H,23,28)/t17-,18+/m0/s1. The van der Waals surface area contributed by atoms with Crippen molar-refractivity contribution in [3.63, 3.8) is 0 Å². The molecule has 1 heterocycles. The molecule has 1 saturated heterocycles. The maximum atomic E-state index is 12.9. The van der Waals surface area contributed by atoms with Gasteiger partial charge < -0.3 is 15.1 Å². The fourth-order valence-electron chi connectivity index (χ4n) is 3.35. The lowest BCUT2D eigenvalue weighted by atomic mass is 9.86. The summed E-state index contributed by atoms with van der Waals surface area (Å²) < 4.78 is 0. The first-order chi connectivity index (χ1) is 13.7. The molecule has 0 unspecified atom stereocenters. The van der Waals surface area contributed by atoms with Crippen LogP contribution in [-0.4, -0.2) is 67.0 Å². The summed E-state index contributed by atoms with van der Waals surface area (Å²) in [5.41, 5.74) is 1.79. The van der Waals surface area contributed by atoms with Gasteiger partial charge in [0.05, 0.1) is 18.4 Å². The summed E-state index contributed by atoms with van der Waals surface area (Å²) in [5, 5.41) is 2.55. The van der Waals surface area contributed by atoms with Crippen LogP contribution in [0.3, 0.4) is 0 Å². The molecule has 2 rings (SSSR count). The minimum Gasteiger partial charge on any atom is -0.347 e. The molecule has 7 nitrogen and oxygen atoms in total. The molecular formula is C22H29N3O4. The van der Waals surface area contributed by atoms with Crippen LogP contribution in [0.2, 0.25) is 0 Å². The fourth-order valence-corrected chi connectivity index (χ4v) is 3.35. The van der Waals surface area contributed by atoms with E-state index in [-0.39, 0.29) is 31.4 Å². The number of carbonyl (C=O) groups is 4. The number of ketones is 1. The monoisotopic (exact) mass is 399 g/mol. The number of nitrogens with one attached hydrogen (secondary N) is 1. The van der Waals surface area contributed by atoms with Crippen molar-refractivity contribution in [2.45, 2.75) is 19.8 Å². The Hall–Kier alpha value is -2.96. The molecule has 7 heteroatoms. The lowest BCUT2D eigenvalue weighted by molar-refractivity contribution is -0.141. The van der Waals surface area contributed by atoms with Crippen LogP contribution in [0.25, 0.3) is 0 Å². The third kappa shape index (κ3) is 6.01. The van der Waals surface area contributed by atoms with Crippen LogP contribution in [0.15, 0.2) is 42.5 Å². The van der Waals surface area contributed by atoms with Crippen molar-refractivity contribution < 1.29 is 19.2 Å². The van der Waals surface area contributed by atoms with E-state index in [0.717, 1.165) is 11.1 Å².